The normalized spacial score (nSPS) is 12.2. The van der Waals surface area contributed by atoms with Gasteiger partial charge < -0.3 is 5.32 Å². The number of amides is 1. The maximum atomic E-state index is 12.6. The molecule has 0 spiro atoms. The first-order chi connectivity index (χ1) is 13.6. The Morgan fingerprint density at radius 3 is 2.79 bits per heavy atom. The van der Waals surface area contributed by atoms with Crippen molar-refractivity contribution in [3.63, 3.8) is 0 Å². The monoisotopic (exact) mass is 393 g/mol. The highest BCUT2D eigenvalue weighted by Gasteiger charge is 2.18. The van der Waals surface area contributed by atoms with Gasteiger partial charge in [0, 0.05) is 24.9 Å². The number of aromatic nitrogens is 4. The molecule has 0 aliphatic carbocycles. The van der Waals surface area contributed by atoms with Gasteiger partial charge in [0.25, 0.3) is 5.56 Å². The van der Waals surface area contributed by atoms with E-state index in [1.807, 2.05) is 47.8 Å². The first-order valence-corrected chi connectivity index (χ1v) is 9.76. The van der Waals surface area contributed by atoms with Crippen molar-refractivity contribution >= 4 is 28.3 Å². The zero-order chi connectivity index (χ0) is 19.5. The number of nitrogens with one attached hydrogen (secondary N) is 1. The van der Waals surface area contributed by atoms with Crippen LogP contribution in [0.3, 0.4) is 0 Å². The SMILES string of the molecule is Cn1ncc2c(=O)n(CCC(=O)NC(c3ccccc3)c3cccs3)cnc21. The van der Waals surface area contributed by atoms with E-state index in [4.69, 9.17) is 0 Å². The lowest BCUT2D eigenvalue weighted by Gasteiger charge is -2.18. The maximum absolute atomic E-state index is 12.6. The average molecular weight is 393 g/mol. The van der Waals surface area contributed by atoms with Crippen molar-refractivity contribution in [1.29, 1.82) is 0 Å². The van der Waals surface area contributed by atoms with Gasteiger partial charge in [0.05, 0.1) is 18.6 Å². The van der Waals surface area contributed by atoms with Gasteiger partial charge in [-0.2, -0.15) is 5.10 Å². The second-order valence-electron chi connectivity index (χ2n) is 6.43. The molecule has 1 amide bonds. The summed E-state index contributed by atoms with van der Waals surface area (Å²) in [6, 6.07) is 13.6. The number of carbonyl (C=O) groups excluding carboxylic acids is 1. The van der Waals surface area contributed by atoms with Gasteiger partial charge in [0.1, 0.15) is 5.39 Å². The van der Waals surface area contributed by atoms with Crippen LogP contribution in [-0.2, 0) is 18.4 Å². The topological polar surface area (TPSA) is 81.8 Å². The van der Waals surface area contributed by atoms with Crippen LogP contribution in [0, 0.1) is 0 Å². The van der Waals surface area contributed by atoms with Crippen LogP contribution < -0.4 is 10.9 Å². The maximum Gasteiger partial charge on any atom is 0.264 e. The fraction of sp³-hybridized carbons (Fsp3) is 0.200. The van der Waals surface area contributed by atoms with Crippen molar-refractivity contribution in [2.24, 2.45) is 7.05 Å². The number of nitrogens with zero attached hydrogens (tertiary/aromatic N) is 4. The number of benzene rings is 1. The van der Waals surface area contributed by atoms with Gasteiger partial charge in [-0.3, -0.25) is 18.8 Å². The van der Waals surface area contributed by atoms with Gasteiger partial charge in [0.15, 0.2) is 5.65 Å². The molecular formula is C20H19N5O2S. The average Bonchev–Trinajstić information content (AvgIpc) is 3.37. The third-order valence-corrected chi connectivity index (χ3v) is 5.50. The van der Waals surface area contributed by atoms with Gasteiger partial charge in [-0.05, 0) is 17.0 Å². The van der Waals surface area contributed by atoms with Crippen LogP contribution in [0.4, 0.5) is 0 Å². The predicted molar refractivity (Wildman–Crippen MR) is 108 cm³/mol. The minimum atomic E-state index is -0.204. The van der Waals surface area contributed by atoms with E-state index < -0.39 is 0 Å². The van der Waals surface area contributed by atoms with E-state index in [9.17, 15) is 9.59 Å². The highest BCUT2D eigenvalue weighted by molar-refractivity contribution is 7.10. The molecule has 1 unspecified atom stereocenters. The number of rotatable bonds is 6. The number of carbonyl (C=O) groups is 1. The second kappa shape index (κ2) is 7.77. The van der Waals surface area contributed by atoms with E-state index >= 15 is 0 Å². The Morgan fingerprint density at radius 2 is 2.04 bits per heavy atom. The number of thiophene rings is 1. The van der Waals surface area contributed by atoms with Gasteiger partial charge >= 0.3 is 0 Å². The fourth-order valence-corrected chi connectivity index (χ4v) is 3.90. The van der Waals surface area contributed by atoms with Crippen molar-refractivity contribution in [3.8, 4) is 0 Å². The summed E-state index contributed by atoms with van der Waals surface area (Å²) in [5.74, 6) is -0.125. The zero-order valence-electron chi connectivity index (χ0n) is 15.3. The standard InChI is InChI=1S/C20H19N5O2S/c1-24-19-15(12-22-24)20(27)25(13-21-19)10-9-17(26)23-18(16-8-5-11-28-16)14-6-3-2-4-7-14/h2-8,11-13,18H,9-10H2,1H3,(H,23,26). The number of hydrogen-bond acceptors (Lipinski definition) is 5. The second-order valence-corrected chi connectivity index (χ2v) is 7.40. The lowest BCUT2D eigenvalue weighted by Crippen LogP contribution is -2.31. The van der Waals surface area contributed by atoms with Crippen LogP contribution in [0.5, 0.6) is 0 Å². The molecule has 3 aromatic heterocycles. The van der Waals surface area contributed by atoms with E-state index in [0.717, 1.165) is 10.4 Å². The van der Waals surface area contributed by atoms with Crippen LogP contribution in [0.25, 0.3) is 11.0 Å². The van der Waals surface area contributed by atoms with Crippen molar-refractivity contribution < 1.29 is 4.79 Å². The van der Waals surface area contributed by atoms with Crippen molar-refractivity contribution in [2.75, 3.05) is 0 Å². The van der Waals surface area contributed by atoms with Gasteiger partial charge in [-0.25, -0.2) is 4.98 Å². The Labute approximate surface area is 165 Å². The molecule has 142 valence electrons. The summed E-state index contributed by atoms with van der Waals surface area (Å²) in [7, 11) is 1.74. The highest BCUT2D eigenvalue weighted by atomic mass is 32.1. The fourth-order valence-electron chi connectivity index (χ4n) is 3.10. The number of aryl methyl sites for hydroxylation is 2. The summed E-state index contributed by atoms with van der Waals surface area (Å²) in [5.41, 5.74) is 1.37. The van der Waals surface area contributed by atoms with E-state index in [2.05, 4.69) is 15.4 Å². The van der Waals surface area contributed by atoms with E-state index in [1.165, 1.54) is 17.1 Å². The van der Waals surface area contributed by atoms with E-state index in [-0.39, 0.29) is 30.5 Å². The summed E-state index contributed by atoms with van der Waals surface area (Å²) in [5, 5.41) is 9.58. The summed E-state index contributed by atoms with van der Waals surface area (Å²) >= 11 is 1.60. The minimum Gasteiger partial charge on any atom is -0.344 e. The molecule has 0 saturated carbocycles. The van der Waals surface area contributed by atoms with Gasteiger partial charge in [-0.15, -0.1) is 11.3 Å². The Balaban J connectivity index is 1.49. The molecule has 0 saturated heterocycles. The van der Waals surface area contributed by atoms with Gasteiger partial charge in [-0.1, -0.05) is 36.4 Å². The molecular weight excluding hydrogens is 374 g/mol. The molecule has 7 nitrogen and oxygen atoms in total. The Hall–Kier alpha value is -3.26. The molecule has 8 heteroatoms. The smallest absolute Gasteiger partial charge is 0.264 e. The number of fused-ring (bicyclic) bond motifs is 1. The Kier molecular flexibility index (Phi) is 5.03. The largest absolute Gasteiger partial charge is 0.344 e. The molecule has 0 radical (unpaired) electrons. The van der Waals surface area contributed by atoms with E-state index in [1.54, 1.807) is 23.1 Å². The summed E-state index contributed by atoms with van der Waals surface area (Å²) in [6.07, 6.45) is 3.15. The molecule has 3 heterocycles. The number of hydrogen-bond donors (Lipinski definition) is 1. The molecule has 0 fully saturated rings. The molecule has 1 N–H and O–H groups in total. The molecule has 28 heavy (non-hydrogen) atoms. The molecule has 0 bridgehead atoms. The summed E-state index contributed by atoms with van der Waals surface area (Å²) < 4.78 is 3.01. The molecule has 0 aliphatic rings. The van der Waals surface area contributed by atoms with Crippen LogP contribution in [0.2, 0.25) is 0 Å². The lowest BCUT2D eigenvalue weighted by atomic mass is 10.1. The van der Waals surface area contributed by atoms with Crippen molar-refractivity contribution in [1.82, 2.24) is 24.6 Å². The minimum absolute atomic E-state index is 0.125. The Morgan fingerprint density at radius 1 is 1.21 bits per heavy atom. The van der Waals surface area contributed by atoms with Crippen LogP contribution in [-0.4, -0.2) is 25.2 Å². The predicted octanol–water partition coefficient (Wildman–Crippen LogP) is 2.49. The first-order valence-electron chi connectivity index (χ1n) is 8.88. The van der Waals surface area contributed by atoms with Crippen LogP contribution in [0.15, 0.2) is 65.2 Å². The van der Waals surface area contributed by atoms with Crippen molar-refractivity contribution in [3.05, 3.63) is 81.2 Å². The van der Waals surface area contributed by atoms with Crippen molar-refractivity contribution in [2.45, 2.75) is 19.0 Å². The molecule has 4 rings (SSSR count). The molecule has 1 aromatic carbocycles. The third-order valence-electron chi connectivity index (χ3n) is 4.56. The van der Waals surface area contributed by atoms with Crippen LogP contribution in [0.1, 0.15) is 22.9 Å². The molecule has 1 atom stereocenters. The highest BCUT2D eigenvalue weighted by Crippen LogP contribution is 2.26. The summed E-state index contributed by atoms with van der Waals surface area (Å²) in [6.45, 7) is 0.258. The lowest BCUT2D eigenvalue weighted by molar-refractivity contribution is -0.121. The van der Waals surface area contributed by atoms with Gasteiger partial charge in [0.2, 0.25) is 5.91 Å². The van der Waals surface area contributed by atoms with E-state index in [0.29, 0.717) is 11.0 Å². The van der Waals surface area contributed by atoms with Crippen LogP contribution >= 0.6 is 11.3 Å². The quantitative estimate of drug-likeness (QED) is 0.546. The molecule has 0 aliphatic heterocycles. The Bertz CT molecular complexity index is 1150. The summed E-state index contributed by atoms with van der Waals surface area (Å²) in [4.78, 5) is 30.5. The zero-order valence-corrected chi connectivity index (χ0v) is 16.1. The first kappa shape index (κ1) is 18.1. The third kappa shape index (κ3) is 3.59. The molecule has 4 aromatic rings.